The lowest BCUT2D eigenvalue weighted by molar-refractivity contribution is 0.0696. The van der Waals surface area contributed by atoms with E-state index in [1.54, 1.807) is 26.5 Å². The second-order valence-electron chi connectivity index (χ2n) is 8.47. The highest BCUT2D eigenvalue weighted by molar-refractivity contribution is 5.95. The Labute approximate surface area is 220 Å². The van der Waals surface area contributed by atoms with Gasteiger partial charge in [0.2, 0.25) is 5.95 Å². The summed E-state index contributed by atoms with van der Waals surface area (Å²) >= 11 is 0. The second-order valence-corrected chi connectivity index (χ2v) is 8.47. The van der Waals surface area contributed by atoms with Crippen molar-refractivity contribution in [2.24, 2.45) is 0 Å². The Kier molecular flexibility index (Phi) is 8.50. The third-order valence-corrected chi connectivity index (χ3v) is 5.87. The molecule has 0 aliphatic heterocycles. The summed E-state index contributed by atoms with van der Waals surface area (Å²) in [5.74, 6) is 0.716. The number of nitrogens with one attached hydrogen (secondary N) is 1. The van der Waals surface area contributed by atoms with Crippen LogP contribution in [0.15, 0.2) is 85.1 Å². The van der Waals surface area contributed by atoms with Crippen LogP contribution in [0.5, 0.6) is 11.5 Å². The van der Waals surface area contributed by atoms with Crippen LogP contribution in [0.3, 0.4) is 0 Å². The fourth-order valence-electron chi connectivity index (χ4n) is 3.77. The van der Waals surface area contributed by atoms with Gasteiger partial charge in [-0.05, 0) is 65.7 Å². The van der Waals surface area contributed by atoms with Crippen LogP contribution in [0.1, 0.15) is 37.5 Å². The third kappa shape index (κ3) is 6.85. The van der Waals surface area contributed by atoms with Crippen molar-refractivity contribution in [1.29, 1.82) is 0 Å². The SMILES string of the molecule is COc1ccc(CN(Cc2ccc(OC)cc2)c2nccc(CNC(=O)c3ccc(C(=O)O)cc3)n2)cc1. The molecule has 0 spiro atoms. The van der Waals surface area contributed by atoms with E-state index in [1.165, 1.54) is 24.3 Å². The van der Waals surface area contributed by atoms with Crippen LogP contribution < -0.4 is 19.7 Å². The highest BCUT2D eigenvalue weighted by atomic mass is 16.5. The van der Waals surface area contributed by atoms with Gasteiger partial charge in [-0.3, -0.25) is 4.79 Å². The molecule has 0 unspecified atom stereocenters. The van der Waals surface area contributed by atoms with Gasteiger partial charge in [-0.2, -0.15) is 0 Å². The number of ether oxygens (including phenoxy) is 2. The Balaban J connectivity index is 1.51. The van der Waals surface area contributed by atoms with E-state index in [9.17, 15) is 9.59 Å². The standard InChI is InChI=1S/C29H28N4O5/c1-37-25-11-3-20(4-12-25)18-33(19-21-5-13-26(38-2)14-6-21)29-30-16-15-24(32-29)17-31-27(34)22-7-9-23(10-8-22)28(35)36/h3-16H,17-19H2,1-2H3,(H,31,34)(H,35,36). The molecule has 0 aliphatic carbocycles. The number of carbonyl (C=O) groups excluding carboxylic acids is 1. The number of anilines is 1. The molecule has 2 N–H and O–H groups in total. The Bertz CT molecular complexity index is 1320. The molecule has 9 nitrogen and oxygen atoms in total. The highest BCUT2D eigenvalue weighted by Gasteiger charge is 2.14. The molecule has 0 bridgehead atoms. The fourth-order valence-corrected chi connectivity index (χ4v) is 3.77. The van der Waals surface area contributed by atoms with E-state index in [4.69, 9.17) is 19.6 Å². The number of aromatic nitrogens is 2. The number of carboxylic acids is 1. The van der Waals surface area contributed by atoms with Crippen LogP contribution in [-0.2, 0) is 19.6 Å². The average molecular weight is 513 g/mol. The van der Waals surface area contributed by atoms with Gasteiger partial charge in [0.15, 0.2) is 0 Å². The molecule has 0 saturated carbocycles. The van der Waals surface area contributed by atoms with E-state index in [2.05, 4.69) is 15.2 Å². The summed E-state index contributed by atoms with van der Waals surface area (Å²) in [5.41, 5.74) is 3.25. The van der Waals surface area contributed by atoms with Gasteiger partial charge in [-0.15, -0.1) is 0 Å². The topological polar surface area (TPSA) is 114 Å². The monoisotopic (exact) mass is 512 g/mol. The molecule has 1 aromatic heterocycles. The van der Waals surface area contributed by atoms with Crippen molar-refractivity contribution in [1.82, 2.24) is 15.3 Å². The van der Waals surface area contributed by atoms with Crippen molar-refractivity contribution in [3.05, 3.63) is 113 Å². The number of amides is 1. The van der Waals surface area contributed by atoms with Crippen molar-refractivity contribution < 1.29 is 24.2 Å². The van der Waals surface area contributed by atoms with Gasteiger partial charge in [0.25, 0.3) is 5.91 Å². The number of benzene rings is 3. The smallest absolute Gasteiger partial charge is 0.335 e. The van der Waals surface area contributed by atoms with Crippen LogP contribution in [0.2, 0.25) is 0 Å². The van der Waals surface area contributed by atoms with Gasteiger partial charge in [-0.25, -0.2) is 14.8 Å². The minimum absolute atomic E-state index is 0.121. The molecule has 0 saturated heterocycles. The van der Waals surface area contributed by atoms with E-state index < -0.39 is 5.97 Å². The summed E-state index contributed by atoms with van der Waals surface area (Å²) in [5, 5.41) is 11.9. The van der Waals surface area contributed by atoms with Crippen LogP contribution >= 0.6 is 0 Å². The van der Waals surface area contributed by atoms with Crippen LogP contribution in [0, 0.1) is 0 Å². The lowest BCUT2D eigenvalue weighted by Gasteiger charge is -2.23. The highest BCUT2D eigenvalue weighted by Crippen LogP contribution is 2.20. The molecule has 1 amide bonds. The van der Waals surface area contributed by atoms with Crippen LogP contribution in [0.4, 0.5) is 5.95 Å². The normalized spacial score (nSPS) is 10.5. The van der Waals surface area contributed by atoms with E-state index in [0.717, 1.165) is 22.6 Å². The van der Waals surface area contributed by atoms with Gasteiger partial charge < -0.3 is 24.8 Å². The molecular formula is C29H28N4O5. The maximum absolute atomic E-state index is 12.6. The Hall–Kier alpha value is -4.92. The molecule has 194 valence electrons. The quantitative estimate of drug-likeness (QED) is 0.305. The first-order chi connectivity index (χ1) is 18.4. The number of methoxy groups -OCH3 is 2. The fraction of sp³-hybridized carbons (Fsp3) is 0.172. The first-order valence-corrected chi connectivity index (χ1v) is 11.9. The van der Waals surface area contributed by atoms with E-state index in [0.29, 0.717) is 30.3 Å². The predicted molar refractivity (Wildman–Crippen MR) is 142 cm³/mol. The Morgan fingerprint density at radius 3 is 1.82 bits per heavy atom. The Morgan fingerprint density at radius 2 is 1.32 bits per heavy atom. The molecule has 0 aliphatic rings. The summed E-state index contributed by atoms with van der Waals surface area (Å²) in [4.78, 5) is 34.9. The zero-order valence-electron chi connectivity index (χ0n) is 21.1. The van der Waals surface area contributed by atoms with Crippen LogP contribution in [-0.4, -0.2) is 41.2 Å². The molecule has 9 heteroatoms. The van der Waals surface area contributed by atoms with Crippen molar-refractivity contribution in [3.8, 4) is 11.5 Å². The summed E-state index contributed by atoms with van der Waals surface area (Å²) in [6.07, 6.45) is 1.67. The summed E-state index contributed by atoms with van der Waals surface area (Å²) in [6, 6.07) is 23.2. The van der Waals surface area contributed by atoms with Crippen molar-refractivity contribution in [2.75, 3.05) is 19.1 Å². The second kappa shape index (κ2) is 12.4. The minimum Gasteiger partial charge on any atom is -0.497 e. The molecule has 4 aromatic rings. The molecule has 0 fully saturated rings. The summed E-state index contributed by atoms with van der Waals surface area (Å²) in [7, 11) is 3.27. The number of aromatic carboxylic acids is 1. The van der Waals surface area contributed by atoms with Gasteiger partial charge in [0.1, 0.15) is 11.5 Å². The van der Waals surface area contributed by atoms with Gasteiger partial charge in [0.05, 0.1) is 32.0 Å². The zero-order chi connectivity index (χ0) is 26.9. The first kappa shape index (κ1) is 26.2. The maximum Gasteiger partial charge on any atom is 0.335 e. The molecule has 0 atom stereocenters. The number of carbonyl (C=O) groups is 2. The van der Waals surface area contributed by atoms with Crippen molar-refractivity contribution >= 4 is 17.8 Å². The van der Waals surface area contributed by atoms with Crippen LogP contribution in [0.25, 0.3) is 0 Å². The maximum atomic E-state index is 12.6. The predicted octanol–water partition coefficient (Wildman–Crippen LogP) is 4.33. The van der Waals surface area contributed by atoms with Gasteiger partial charge in [0, 0.05) is 24.8 Å². The molecular weight excluding hydrogens is 484 g/mol. The van der Waals surface area contributed by atoms with Gasteiger partial charge in [-0.1, -0.05) is 24.3 Å². The number of nitrogens with zero attached hydrogens (tertiary/aromatic N) is 3. The largest absolute Gasteiger partial charge is 0.497 e. The summed E-state index contributed by atoms with van der Waals surface area (Å²) < 4.78 is 10.6. The van der Waals surface area contributed by atoms with Crippen molar-refractivity contribution in [3.63, 3.8) is 0 Å². The average Bonchev–Trinajstić information content (AvgIpc) is 2.96. The number of hydrogen-bond donors (Lipinski definition) is 2. The van der Waals surface area contributed by atoms with E-state index in [1.807, 2.05) is 48.5 Å². The van der Waals surface area contributed by atoms with E-state index >= 15 is 0 Å². The zero-order valence-corrected chi connectivity index (χ0v) is 21.1. The first-order valence-electron chi connectivity index (χ1n) is 11.9. The number of carboxylic acid groups (broad SMARTS) is 1. The lowest BCUT2D eigenvalue weighted by atomic mass is 10.1. The van der Waals surface area contributed by atoms with E-state index in [-0.39, 0.29) is 18.0 Å². The Morgan fingerprint density at radius 1 is 0.789 bits per heavy atom. The van der Waals surface area contributed by atoms with Gasteiger partial charge >= 0.3 is 5.97 Å². The molecule has 1 heterocycles. The molecule has 4 rings (SSSR count). The summed E-state index contributed by atoms with van der Waals surface area (Å²) in [6.45, 7) is 1.30. The number of rotatable bonds is 11. The molecule has 38 heavy (non-hydrogen) atoms. The molecule has 0 radical (unpaired) electrons. The lowest BCUT2D eigenvalue weighted by Crippen LogP contribution is -2.26. The third-order valence-electron chi connectivity index (χ3n) is 5.87. The van der Waals surface area contributed by atoms with Crippen molar-refractivity contribution in [2.45, 2.75) is 19.6 Å². The molecule has 3 aromatic carbocycles. The number of hydrogen-bond acceptors (Lipinski definition) is 7. The minimum atomic E-state index is -1.04.